The van der Waals surface area contributed by atoms with Gasteiger partial charge in [0.05, 0.1) is 6.54 Å². The quantitative estimate of drug-likeness (QED) is 0.876. The largest absolute Gasteiger partial charge is 0.351 e. The molecule has 1 N–H and O–H groups in total. The maximum Gasteiger partial charge on any atom is 0.234 e. The summed E-state index contributed by atoms with van der Waals surface area (Å²) in [4.78, 5) is 21.0. The number of piperazine rings is 1. The Labute approximate surface area is 149 Å². The molecule has 25 heavy (non-hydrogen) atoms. The second-order valence-corrected chi connectivity index (χ2v) is 6.54. The summed E-state index contributed by atoms with van der Waals surface area (Å²) in [7, 11) is 0. The van der Waals surface area contributed by atoms with Gasteiger partial charge in [-0.3, -0.25) is 19.6 Å². The van der Waals surface area contributed by atoms with Crippen LogP contribution in [0.25, 0.3) is 0 Å². The first-order chi connectivity index (χ1) is 12.2. The third-order valence-corrected chi connectivity index (χ3v) is 4.82. The van der Waals surface area contributed by atoms with Crippen LogP contribution < -0.4 is 5.32 Å². The van der Waals surface area contributed by atoms with Crippen LogP contribution in [-0.2, 0) is 11.3 Å². The molecule has 5 nitrogen and oxygen atoms in total. The second-order valence-electron chi connectivity index (χ2n) is 6.54. The van der Waals surface area contributed by atoms with Crippen LogP contribution in [0.15, 0.2) is 54.9 Å². The minimum absolute atomic E-state index is 0.0950. The standard InChI is InChI=1S/C20H26N4O/c1-17(19-8-5-9-21-15-19)24-12-10-23(11-13-24)16-20(25)22-14-18-6-3-2-4-7-18/h2-9,15,17H,10-14,16H2,1H3,(H,22,25). The van der Waals surface area contributed by atoms with Gasteiger partial charge in [-0.2, -0.15) is 0 Å². The first-order valence-electron chi connectivity index (χ1n) is 8.89. The summed E-state index contributed by atoms with van der Waals surface area (Å²) >= 11 is 0. The van der Waals surface area contributed by atoms with E-state index < -0.39 is 0 Å². The van der Waals surface area contributed by atoms with Crippen molar-refractivity contribution in [1.29, 1.82) is 0 Å². The Hall–Kier alpha value is -2.24. The summed E-state index contributed by atoms with van der Waals surface area (Å²) in [5.41, 5.74) is 2.38. The number of pyridine rings is 1. The fourth-order valence-corrected chi connectivity index (χ4v) is 3.20. The van der Waals surface area contributed by atoms with Gasteiger partial charge >= 0.3 is 0 Å². The van der Waals surface area contributed by atoms with Crippen LogP contribution in [0.2, 0.25) is 0 Å². The lowest BCUT2D eigenvalue weighted by atomic mass is 10.1. The zero-order chi connectivity index (χ0) is 17.5. The Morgan fingerprint density at radius 1 is 1.12 bits per heavy atom. The fraction of sp³-hybridized carbons (Fsp3) is 0.400. The molecular formula is C20H26N4O. The summed E-state index contributed by atoms with van der Waals surface area (Å²) in [5, 5.41) is 3.00. The molecule has 0 saturated carbocycles. The number of nitrogens with one attached hydrogen (secondary N) is 1. The number of hydrogen-bond donors (Lipinski definition) is 1. The van der Waals surface area contributed by atoms with E-state index in [-0.39, 0.29) is 5.91 Å². The zero-order valence-electron chi connectivity index (χ0n) is 14.8. The van der Waals surface area contributed by atoms with Crippen LogP contribution in [0, 0.1) is 0 Å². The minimum Gasteiger partial charge on any atom is -0.351 e. The molecule has 132 valence electrons. The van der Waals surface area contributed by atoms with Crippen molar-refractivity contribution in [1.82, 2.24) is 20.1 Å². The highest BCUT2D eigenvalue weighted by atomic mass is 16.2. The molecule has 1 aromatic carbocycles. The molecule has 2 heterocycles. The number of carbonyl (C=O) groups excluding carboxylic acids is 1. The average Bonchev–Trinajstić information content (AvgIpc) is 2.68. The number of carbonyl (C=O) groups is 1. The Balaban J connectivity index is 1.41. The SMILES string of the molecule is CC(c1cccnc1)N1CCN(CC(=O)NCc2ccccc2)CC1. The van der Waals surface area contributed by atoms with Crippen molar-refractivity contribution in [2.45, 2.75) is 19.5 Å². The van der Waals surface area contributed by atoms with E-state index >= 15 is 0 Å². The van der Waals surface area contributed by atoms with Crippen molar-refractivity contribution >= 4 is 5.91 Å². The Kier molecular flexibility index (Phi) is 6.14. The minimum atomic E-state index is 0.0950. The van der Waals surface area contributed by atoms with E-state index in [0.29, 0.717) is 19.1 Å². The van der Waals surface area contributed by atoms with Gasteiger partial charge in [0.15, 0.2) is 0 Å². The van der Waals surface area contributed by atoms with Crippen molar-refractivity contribution < 1.29 is 4.79 Å². The van der Waals surface area contributed by atoms with E-state index in [9.17, 15) is 4.79 Å². The van der Waals surface area contributed by atoms with Gasteiger partial charge in [0.2, 0.25) is 5.91 Å². The molecular weight excluding hydrogens is 312 g/mol. The molecule has 0 bridgehead atoms. The third-order valence-electron chi connectivity index (χ3n) is 4.82. The predicted octanol–water partition coefficient (Wildman–Crippen LogP) is 2.08. The summed E-state index contributed by atoms with van der Waals surface area (Å²) < 4.78 is 0. The summed E-state index contributed by atoms with van der Waals surface area (Å²) in [5.74, 6) is 0.0950. The number of aromatic nitrogens is 1. The molecule has 1 aliphatic heterocycles. The Morgan fingerprint density at radius 3 is 2.56 bits per heavy atom. The second kappa shape index (κ2) is 8.74. The highest BCUT2D eigenvalue weighted by Gasteiger charge is 2.23. The number of nitrogens with zero attached hydrogens (tertiary/aromatic N) is 3. The lowest BCUT2D eigenvalue weighted by Gasteiger charge is -2.37. The molecule has 1 saturated heterocycles. The van der Waals surface area contributed by atoms with Crippen LogP contribution in [0.3, 0.4) is 0 Å². The van der Waals surface area contributed by atoms with Crippen LogP contribution in [0.1, 0.15) is 24.1 Å². The molecule has 2 aromatic rings. The highest BCUT2D eigenvalue weighted by Crippen LogP contribution is 2.20. The number of rotatable bonds is 6. The molecule has 0 aliphatic carbocycles. The smallest absolute Gasteiger partial charge is 0.234 e. The van der Waals surface area contributed by atoms with Crippen LogP contribution in [0.4, 0.5) is 0 Å². The number of amides is 1. The van der Waals surface area contributed by atoms with E-state index in [4.69, 9.17) is 0 Å². The number of hydrogen-bond acceptors (Lipinski definition) is 4. The van der Waals surface area contributed by atoms with Gasteiger partial charge in [0, 0.05) is 51.2 Å². The first kappa shape index (κ1) is 17.6. The van der Waals surface area contributed by atoms with E-state index in [1.165, 1.54) is 5.56 Å². The Morgan fingerprint density at radius 2 is 1.88 bits per heavy atom. The van der Waals surface area contributed by atoms with E-state index in [1.807, 2.05) is 48.8 Å². The molecule has 1 atom stereocenters. The third kappa shape index (κ3) is 5.11. The zero-order valence-corrected chi connectivity index (χ0v) is 14.8. The van der Waals surface area contributed by atoms with E-state index in [2.05, 4.69) is 33.1 Å². The number of benzene rings is 1. The normalized spacial score (nSPS) is 17.2. The highest BCUT2D eigenvalue weighted by molar-refractivity contribution is 5.78. The van der Waals surface area contributed by atoms with Gasteiger partial charge in [-0.15, -0.1) is 0 Å². The van der Waals surface area contributed by atoms with Gasteiger partial charge < -0.3 is 5.32 Å². The van der Waals surface area contributed by atoms with E-state index in [1.54, 1.807) is 0 Å². The van der Waals surface area contributed by atoms with Gasteiger partial charge in [0.1, 0.15) is 0 Å². The summed E-state index contributed by atoms with van der Waals surface area (Å²) in [6.07, 6.45) is 3.75. The lowest BCUT2D eigenvalue weighted by molar-refractivity contribution is -0.122. The topological polar surface area (TPSA) is 48.5 Å². The summed E-state index contributed by atoms with van der Waals surface area (Å²) in [6, 6.07) is 14.5. The fourth-order valence-electron chi connectivity index (χ4n) is 3.20. The predicted molar refractivity (Wildman–Crippen MR) is 99.0 cm³/mol. The maximum absolute atomic E-state index is 12.1. The molecule has 5 heteroatoms. The van der Waals surface area contributed by atoms with Crippen molar-refractivity contribution in [3.8, 4) is 0 Å². The molecule has 0 spiro atoms. The van der Waals surface area contributed by atoms with Crippen LogP contribution in [0.5, 0.6) is 0 Å². The van der Waals surface area contributed by atoms with Crippen LogP contribution >= 0.6 is 0 Å². The molecule has 1 aliphatic rings. The molecule has 1 amide bonds. The van der Waals surface area contributed by atoms with Gasteiger partial charge in [-0.1, -0.05) is 36.4 Å². The molecule has 3 rings (SSSR count). The van der Waals surface area contributed by atoms with Crippen molar-refractivity contribution in [3.05, 3.63) is 66.0 Å². The Bertz CT molecular complexity index is 654. The van der Waals surface area contributed by atoms with Gasteiger partial charge in [-0.25, -0.2) is 0 Å². The monoisotopic (exact) mass is 338 g/mol. The maximum atomic E-state index is 12.1. The molecule has 1 fully saturated rings. The van der Waals surface area contributed by atoms with Crippen molar-refractivity contribution in [2.24, 2.45) is 0 Å². The average molecular weight is 338 g/mol. The first-order valence-corrected chi connectivity index (χ1v) is 8.89. The van der Waals surface area contributed by atoms with Crippen LogP contribution in [-0.4, -0.2) is 53.4 Å². The lowest BCUT2D eigenvalue weighted by Crippen LogP contribution is -2.49. The van der Waals surface area contributed by atoms with E-state index in [0.717, 1.165) is 31.7 Å². The van der Waals surface area contributed by atoms with Crippen molar-refractivity contribution in [2.75, 3.05) is 32.7 Å². The van der Waals surface area contributed by atoms with Crippen molar-refractivity contribution in [3.63, 3.8) is 0 Å². The van der Waals surface area contributed by atoms with Gasteiger partial charge in [-0.05, 0) is 24.1 Å². The van der Waals surface area contributed by atoms with Gasteiger partial charge in [0.25, 0.3) is 0 Å². The summed E-state index contributed by atoms with van der Waals surface area (Å²) in [6.45, 7) is 7.08. The molecule has 0 radical (unpaired) electrons. The molecule has 1 unspecified atom stereocenters. The molecule has 1 aromatic heterocycles.